The molecule has 1 aromatic heterocycles. The highest BCUT2D eigenvalue weighted by Gasteiger charge is 2.28. The Balaban J connectivity index is 1.53. The summed E-state index contributed by atoms with van der Waals surface area (Å²) in [5, 5.41) is 3.82. The Morgan fingerprint density at radius 3 is 2.83 bits per heavy atom. The highest BCUT2D eigenvalue weighted by atomic mass is 16.5. The largest absolute Gasteiger partial charge is 0.450 e. The summed E-state index contributed by atoms with van der Waals surface area (Å²) in [6, 6.07) is 9.12. The number of amides is 1. The first kappa shape index (κ1) is 16.6. The van der Waals surface area contributed by atoms with Crippen LogP contribution in [0.5, 0.6) is 0 Å². The molecule has 0 saturated heterocycles. The van der Waals surface area contributed by atoms with E-state index < -0.39 is 5.97 Å². The number of benzene rings is 1. The van der Waals surface area contributed by atoms with Crippen LogP contribution >= 0.6 is 0 Å². The zero-order valence-corrected chi connectivity index (χ0v) is 14.1. The fourth-order valence-electron chi connectivity index (χ4n) is 3.32. The minimum atomic E-state index is -0.619. The molecule has 0 aliphatic heterocycles. The summed E-state index contributed by atoms with van der Waals surface area (Å²) in [5.41, 5.74) is 0.624. The van der Waals surface area contributed by atoms with Crippen LogP contribution in [0.4, 0.5) is 0 Å². The number of carbonyl (C=O) groups is 2. The normalized spacial score (nSPS) is 23.8. The van der Waals surface area contributed by atoms with Crippen LogP contribution < -0.4 is 5.32 Å². The predicted octanol–water partition coefficient (Wildman–Crippen LogP) is 3.53. The Morgan fingerprint density at radius 2 is 2.04 bits per heavy atom. The van der Waals surface area contributed by atoms with E-state index >= 15 is 0 Å². The molecule has 24 heavy (non-hydrogen) atoms. The van der Waals surface area contributed by atoms with E-state index in [-0.39, 0.29) is 24.3 Å². The van der Waals surface area contributed by atoms with Crippen LogP contribution in [0.2, 0.25) is 0 Å². The zero-order valence-electron chi connectivity index (χ0n) is 14.1. The number of esters is 1. The Bertz CT molecular complexity index is 703. The molecule has 1 amide bonds. The molecule has 1 heterocycles. The van der Waals surface area contributed by atoms with Crippen LogP contribution in [0.15, 0.2) is 34.7 Å². The van der Waals surface area contributed by atoms with Gasteiger partial charge in [0.15, 0.2) is 6.61 Å². The Labute approximate surface area is 141 Å². The van der Waals surface area contributed by atoms with Gasteiger partial charge in [0.25, 0.3) is 5.91 Å². The van der Waals surface area contributed by atoms with Crippen LogP contribution in [0, 0.1) is 11.8 Å². The number of fused-ring (bicyclic) bond motifs is 1. The van der Waals surface area contributed by atoms with Gasteiger partial charge in [0.2, 0.25) is 5.76 Å². The monoisotopic (exact) mass is 329 g/mol. The second-order valence-corrected chi connectivity index (χ2v) is 6.67. The van der Waals surface area contributed by atoms with Crippen molar-refractivity contribution in [1.82, 2.24) is 5.32 Å². The molecule has 5 heteroatoms. The van der Waals surface area contributed by atoms with Gasteiger partial charge in [-0.1, -0.05) is 44.9 Å². The third-order valence-electron chi connectivity index (χ3n) is 5.01. The van der Waals surface area contributed by atoms with Crippen molar-refractivity contribution in [1.29, 1.82) is 0 Å². The number of hydrogen-bond acceptors (Lipinski definition) is 4. The maximum absolute atomic E-state index is 12.1. The Kier molecular flexibility index (Phi) is 4.88. The minimum Gasteiger partial charge on any atom is -0.450 e. The molecule has 0 bridgehead atoms. The standard InChI is InChI=1S/C19H23NO4/c1-12-6-5-8-15(13(12)2)20-18(21)11-23-19(22)17-10-14-7-3-4-9-16(14)24-17/h3-4,7,9-10,12-13,15H,5-6,8,11H2,1-2H3,(H,20,21)/t12-,13+,15-/m0/s1. The zero-order chi connectivity index (χ0) is 17.1. The number of furan rings is 1. The first-order valence-electron chi connectivity index (χ1n) is 8.49. The van der Waals surface area contributed by atoms with Gasteiger partial charge in [-0.3, -0.25) is 4.79 Å². The quantitative estimate of drug-likeness (QED) is 0.871. The lowest BCUT2D eigenvalue weighted by atomic mass is 9.78. The van der Waals surface area contributed by atoms with Crippen molar-refractivity contribution in [3.05, 3.63) is 36.1 Å². The van der Waals surface area contributed by atoms with Crippen LogP contribution in [0.3, 0.4) is 0 Å². The van der Waals surface area contributed by atoms with Gasteiger partial charge in [-0.05, 0) is 30.4 Å². The summed E-state index contributed by atoms with van der Waals surface area (Å²) >= 11 is 0. The van der Waals surface area contributed by atoms with Crippen molar-refractivity contribution in [3.8, 4) is 0 Å². The number of rotatable bonds is 4. The number of nitrogens with one attached hydrogen (secondary N) is 1. The topological polar surface area (TPSA) is 68.5 Å². The van der Waals surface area contributed by atoms with Gasteiger partial charge < -0.3 is 14.5 Å². The molecule has 0 spiro atoms. The average molecular weight is 329 g/mol. The minimum absolute atomic E-state index is 0.114. The molecule has 1 aliphatic rings. The van der Waals surface area contributed by atoms with E-state index in [2.05, 4.69) is 19.2 Å². The van der Waals surface area contributed by atoms with Crippen LogP contribution in [-0.2, 0) is 9.53 Å². The highest BCUT2D eigenvalue weighted by molar-refractivity contribution is 5.93. The molecule has 1 saturated carbocycles. The first-order valence-corrected chi connectivity index (χ1v) is 8.49. The second-order valence-electron chi connectivity index (χ2n) is 6.67. The molecule has 128 valence electrons. The lowest BCUT2D eigenvalue weighted by Gasteiger charge is -2.34. The lowest BCUT2D eigenvalue weighted by Crippen LogP contribution is -2.45. The molecule has 2 aromatic rings. The molecule has 0 unspecified atom stereocenters. The van der Waals surface area contributed by atoms with Crippen molar-refractivity contribution >= 4 is 22.8 Å². The molecule has 1 fully saturated rings. The molecule has 1 aliphatic carbocycles. The Hall–Kier alpha value is -2.30. The van der Waals surface area contributed by atoms with Crippen molar-refractivity contribution < 1.29 is 18.7 Å². The highest BCUT2D eigenvalue weighted by Crippen LogP contribution is 2.29. The number of carbonyl (C=O) groups excluding carboxylic acids is 2. The summed E-state index contributed by atoms with van der Waals surface area (Å²) < 4.78 is 10.5. The lowest BCUT2D eigenvalue weighted by molar-refractivity contribution is -0.125. The van der Waals surface area contributed by atoms with E-state index in [1.54, 1.807) is 12.1 Å². The molecule has 5 nitrogen and oxygen atoms in total. The molecule has 1 aromatic carbocycles. The smallest absolute Gasteiger partial charge is 0.374 e. The number of ether oxygens (including phenoxy) is 1. The SMILES string of the molecule is C[C@H]1[C@@H](NC(=O)COC(=O)c2cc3ccccc3o2)CCC[C@@H]1C. The van der Waals surface area contributed by atoms with Crippen LogP contribution in [0.25, 0.3) is 11.0 Å². The van der Waals surface area contributed by atoms with E-state index in [1.807, 2.05) is 18.2 Å². The van der Waals surface area contributed by atoms with E-state index in [0.717, 1.165) is 18.2 Å². The fourth-order valence-corrected chi connectivity index (χ4v) is 3.32. The third kappa shape index (κ3) is 3.61. The summed E-state index contributed by atoms with van der Waals surface area (Å²) in [5.74, 6) is 0.274. The average Bonchev–Trinajstić information content (AvgIpc) is 3.01. The molecular weight excluding hydrogens is 306 g/mol. The number of hydrogen-bond donors (Lipinski definition) is 1. The maximum Gasteiger partial charge on any atom is 0.374 e. The molecular formula is C19H23NO4. The summed E-state index contributed by atoms with van der Waals surface area (Å²) in [6.45, 7) is 4.09. The second kappa shape index (κ2) is 7.07. The van der Waals surface area contributed by atoms with Crippen LogP contribution in [0.1, 0.15) is 43.7 Å². The van der Waals surface area contributed by atoms with E-state index in [1.165, 1.54) is 6.42 Å². The van der Waals surface area contributed by atoms with Crippen molar-refractivity contribution in [3.63, 3.8) is 0 Å². The molecule has 1 N–H and O–H groups in total. The van der Waals surface area contributed by atoms with E-state index in [4.69, 9.17) is 9.15 Å². The van der Waals surface area contributed by atoms with Gasteiger partial charge in [0.05, 0.1) is 0 Å². The molecule has 0 radical (unpaired) electrons. The summed E-state index contributed by atoms with van der Waals surface area (Å²) in [7, 11) is 0. The summed E-state index contributed by atoms with van der Waals surface area (Å²) in [4.78, 5) is 24.1. The van der Waals surface area contributed by atoms with Gasteiger partial charge in [0.1, 0.15) is 5.58 Å². The first-order chi connectivity index (χ1) is 11.5. The maximum atomic E-state index is 12.1. The summed E-state index contributed by atoms with van der Waals surface area (Å²) in [6.07, 6.45) is 3.30. The Morgan fingerprint density at radius 1 is 1.25 bits per heavy atom. The van der Waals surface area contributed by atoms with Gasteiger partial charge in [-0.25, -0.2) is 4.79 Å². The van der Waals surface area contributed by atoms with E-state index in [0.29, 0.717) is 17.4 Å². The molecule has 3 rings (SSSR count). The van der Waals surface area contributed by atoms with Gasteiger partial charge in [-0.15, -0.1) is 0 Å². The third-order valence-corrected chi connectivity index (χ3v) is 5.01. The predicted molar refractivity (Wildman–Crippen MR) is 90.6 cm³/mol. The fraction of sp³-hybridized carbons (Fsp3) is 0.474. The van der Waals surface area contributed by atoms with Gasteiger partial charge in [0, 0.05) is 11.4 Å². The van der Waals surface area contributed by atoms with E-state index in [9.17, 15) is 9.59 Å². The van der Waals surface area contributed by atoms with Gasteiger partial charge in [-0.2, -0.15) is 0 Å². The van der Waals surface area contributed by atoms with Gasteiger partial charge >= 0.3 is 5.97 Å². The number of para-hydroxylation sites is 1. The van der Waals surface area contributed by atoms with Crippen molar-refractivity contribution in [2.24, 2.45) is 11.8 Å². The van der Waals surface area contributed by atoms with Crippen molar-refractivity contribution in [2.45, 2.75) is 39.2 Å². The van der Waals surface area contributed by atoms with Crippen LogP contribution in [-0.4, -0.2) is 24.5 Å². The van der Waals surface area contributed by atoms with Crippen molar-refractivity contribution in [2.75, 3.05) is 6.61 Å². The molecule has 3 atom stereocenters.